The number of amides is 1. The molecule has 1 saturated heterocycles. The summed E-state index contributed by atoms with van der Waals surface area (Å²) < 4.78 is 28.5. The van der Waals surface area contributed by atoms with Crippen molar-refractivity contribution < 1.29 is 22.9 Å². The Morgan fingerprint density at radius 2 is 2.29 bits per heavy atom. The maximum Gasteiger partial charge on any atom is 0.406 e. The number of aromatic nitrogens is 1. The van der Waals surface area contributed by atoms with Crippen LogP contribution < -0.4 is 4.74 Å². The molecule has 1 fully saturated rings. The smallest absolute Gasteiger partial charge is 0.406 e. The van der Waals surface area contributed by atoms with Gasteiger partial charge < -0.3 is 19.8 Å². The lowest BCUT2D eigenvalue weighted by molar-refractivity contribution is -0.390. The molecule has 2 heterocycles. The lowest BCUT2D eigenvalue weighted by Crippen LogP contribution is -2.44. The van der Waals surface area contributed by atoms with Crippen LogP contribution in [-0.4, -0.2) is 59.8 Å². The third-order valence-electron chi connectivity index (χ3n) is 3.71. The topological polar surface area (TPSA) is 120 Å². The molecule has 0 saturated carbocycles. The molecule has 0 N–H and O–H groups in total. The predicted octanol–water partition coefficient (Wildman–Crippen LogP) is 0.794. The molecule has 24 heavy (non-hydrogen) atoms. The average molecular weight is 357 g/mol. The molecular formula is C14H19N3O6S. The molecule has 1 aliphatic rings. The van der Waals surface area contributed by atoms with Gasteiger partial charge in [-0.3, -0.25) is 4.79 Å². The predicted molar refractivity (Wildman–Crippen MR) is 85.4 cm³/mol. The number of nitrogens with zero attached hydrogens (tertiary/aromatic N) is 3. The average Bonchev–Trinajstić information content (AvgIpc) is 2.90. The Morgan fingerprint density at radius 1 is 1.54 bits per heavy atom. The van der Waals surface area contributed by atoms with Crippen LogP contribution >= 0.6 is 0 Å². The van der Waals surface area contributed by atoms with E-state index in [0.717, 1.165) is 0 Å². The zero-order valence-corrected chi connectivity index (χ0v) is 14.1. The first-order valence-electron chi connectivity index (χ1n) is 7.56. The van der Waals surface area contributed by atoms with Gasteiger partial charge in [-0.2, -0.15) is 0 Å². The van der Waals surface area contributed by atoms with E-state index in [2.05, 4.69) is 4.98 Å². The molecule has 9 nitrogen and oxygen atoms in total. The van der Waals surface area contributed by atoms with E-state index in [1.165, 1.54) is 23.2 Å². The molecule has 132 valence electrons. The fourth-order valence-corrected chi connectivity index (χ4v) is 4.36. The van der Waals surface area contributed by atoms with Crippen molar-refractivity contribution in [3.8, 4) is 5.75 Å². The van der Waals surface area contributed by atoms with Gasteiger partial charge >= 0.3 is 5.82 Å². The van der Waals surface area contributed by atoms with Crippen molar-refractivity contribution in [2.45, 2.75) is 25.8 Å². The van der Waals surface area contributed by atoms with Crippen molar-refractivity contribution in [1.29, 1.82) is 0 Å². The summed E-state index contributed by atoms with van der Waals surface area (Å²) in [5.41, 5.74) is 0. The highest BCUT2D eigenvalue weighted by Gasteiger charge is 2.34. The van der Waals surface area contributed by atoms with Crippen LogP contribution in [0.2, 0.25) is 0 Å². The van der Waals surface area contributed by atoms with Crippen LogP contribution in [0.1, 0.15) is 19.8 Å². The Morgan fingerprint density at radius 3 is 2.88 bits per heavy atom. The van der Waals surface area contributed by atoms with E-state index in [4.69, 9.17) is 4.74 Å². The van der Waals surface area contributed by atoms with Crippen molar-refractivity contribution in [2.24, 2.45) is 0 Å². The van der Waals surface area contributed by atoms with Gasteiger partial charge in [0, 0.05) is 12.6 Å². The summed E-state index contributed by atoms with van der Waals surface area (Å²) in [6, 6.07) is 2.47. The number of sulfone groups is 1. The zero-order chi connectivity index (χ0) is 17.7. The summed E-state index contributed by atoms with van der Waals surface area (Å²) in [4.78, 5) is 27.7. The van der Waals surface area contributed by atoms with E-state index in [1.54, 1.807) is 0 Å². The molecule has 0 aromatic carbocycles. The van der Waals surface area contributed by atoms with Gasteiger partial charge in [0.05, 0.1) is 11.5 Å². The maximum atomic E-state index is 12.4. The summed E-state index contributed by atoms with van der Waals surface area (Å²) in [5.74, 6) is -0.925. The minimum atomic E-state index is -3.11. The van der Waals surface area contributed by atoms with E-state index < -0.39 is 33.1 Å². The SMILES string of the molecule is CCCN(C(=O)COc1cccnc1[N+](=O)[O-])[C@H]1CCS(=O)(=O)C1. The number of hydrogen-bond donors (Lipinski definition) is 0. The lowest BCUT2D eigenvalue weighted by atomic mass is 10.2. The summed E-state index contributed by atoms with van der Waals surface area (Å²) >= 11 is 0. The quantitative estimate of drug-likeness (QED) is 0.522. The van der Waals surface area contributed by atoms with Gasteiger partial charge in [0.1, 0.15) is 6.20 Å². The van der Waals surface area contributed by atoms with E-state index >= 15 is 0 Å². The van der Waals surface area contributed by atoms with Gasteiger partial charge in [-0.1, -0.05) is 6.92 Å². The van der Waals surface area contributed by atoms with Crippen LogP contribution in [0.15, 0.2) is 18.3 Å². The normalized spacial score (nSPS) is 19.0. The fourth-order valence-electron chi connectivity index (χ4n) is 2.63. The van der Waals surface area contributed by atoms with E-state index in [-0.39, 0.29) is 23.3 Å². The first-order chi connectivity index (χ1) is 11.3. The second-order valence-corrected chi connectivity index (χ2v) is 7.74. The lowest BCUT2D eigenvalue weighted by Gasteiger charge is -2.27. The molecule has 10 heteroatoms. The first-order valence-corrected chi connectivity index (χ1v) is 9.38. The zero-order valence-electron chi connectivity index (χ0n) is 13.3. The number of ether oxygens (including phenoxy) is 1. The number of carbonyl (C=O) groups excluding carboxylic acids is 1. The second kappa shape index (κ2) is 7.56. The van der Waals surface area contributed by atoms with Gasteiger partial charge in [-0.15, -0.1) is 0 Å². The Balaban J connectivity index is 2.05. The summed E-state index contributed by atoms with van der Waals surface area (Å²) in [6.45, 7) is 1.90. The molecule has 0 aliphatic carbocycles. The molecule has 1 aliphatic heterocycles. The molecular weight excluding hydrogens is 338 g/mol. The van der Waals surface area contributed by atoms with Crippen LogP contribution in [0.5, 0.6) is 5.75 Å². The first kappa shape index (κ1) is 18.1. The molecule has 0 unspecified atom stereocenters. The van der Waals surface area contributed by atoms with Gasteiger partial charge in [-0.25, -0.2) is 8.42 Å². The fraction of sp³-hybridized carbons (Fsp3) is 0.571. The monoisotopic (exact) mass is 357 g/mol. The number of carbonyl (C=O) groups is 1. The maximum absolute atomic E-state index is 12.4. The van der Waals surface area contributed by atoms with Gasteiger partial charge in [0.2, 0.25) is 5.75 Å². The molecule has 0 radical (unpaired) electrons. The number of nitro groups is 1. The Bertz CT molecular complexity index is 721. The van der Waals surface area contributed by atoms with Crippen LogP contribution in [0, 0.1) is 10.1 Å². The number of rotatable bonds is 7. The standard InChI is InChI=1S/C14H19N3O6S/c1-2-7-16(11-5-8-24(21,22)10-11)13(18)9-23-12-4-3-6-15-14(12)17(19)20/h3-4,6,11H,2,5,7-10H2,1H3/t11-/m0/s1. The number of hydrogen-bond acceptors (Lipinski definition) is 7. The van der Waals surface area contributed by atoms with E-state index in [0.29, 0.717) is 19.4 Å². The second-order valence-electron chi connectivity index (χ2n) is 5.51. The molecule has 1 aromatic heterocycles. The molecule has 1 atom stereocenters. The van der Waals surface area contributed by atoms with Gasteiger partial charge in [0.15, 0.2) is 16.4 Å². The van der Waals surface area contributed by atoms with Crippen molar-refractivity contribution in [2.75, 3.05) is 24.7 Å². The number of pyridine rings is 1. The van der Waals surface area contributed by atoms with Crippen molar-refractivity contribution in [3.05, 3.63) is 28.4 Å². The molecule has 0 bridgehead atoms. The Labute approximate surface area is 139 Å². The highest BCUT2D eigenvalue weighted by Crippen LogP contribution is 2.23. The molecule has 0 spiro atoms. The van der Waals surface area contributed by atoms with Crippen LogP contribution in [0.25, 0.3) is 0 Å². The third-order valence-corrected chi connectivity index (χ3v) is 5.46. The molecule has 2 rings (SSSR count). The highest BCUT2D eigenvalue weighted by molar-refractivity contribution is 7.91. The van der Waals surface area contributed by atoms with Crippen LogP contribution in [0.4, 0.5) is 5.82 Å². The van der Waals surface area contributed by atoms with E-state index in [1.807, 2.05) is 6.92 Å². The minimum Gasteiger partial charge on any atom is -0.476 e. The largest absolute Gasteiger partial charge is 0.476 e. The molecule has 1 amide bonds. The third kappa shape index (κ3) is 4.40. The Hall–Kier alpha value is -2.23. The minimum absolute atomic E-state index is 0.0498. The van der Waals surface area contributed by atoms with Gasteiger partial charge in [-0.05, 0) is 34.9 Å². The van der Waals surface area contributed by atoms with Gasteiger partial charge in [0.25, 0.3) is 5.91 Å². The highest BCUT2D eigenvalue weighted by atomic mass is 32.2. The van der Waals surface area contributed by atoms with Crippen LogP contribution in [0.3, 0.4) is 0 Å². The van der Waals surface area contributed by atoms with Crippen LogP contribution in [-0.2, 0) is 14.6 Å². The summed E-state index contributed by atoms with van der Waals surface area (Å²) in [6.07, 6.45) is 2.34. The van der Waals surface area contributed by atoms with Crippen molar-refractivity contribution in [1.82, 2.24) is 9.88 Å². The molecule has 1 aromatic rings. The van der Waals surface area contributed by atoms with E-state index in [9.17, 15) is 23.3 Å². The summed E-state index contributed by atoms with van der Waals surface area (Å²) in [7, 11) is -3.11. The van der Waals surface area contributed by atoms with Crippen molar-refractivity contribution >= 4 is 21.6 Å². The van der Waals surface area contributed by atoms with Crippen molar-refractivity contribution in [3.63, 3.8) is 0 Å². The summed E-state index contributed by atoms with van der Waals surface area (Å²) in [5, 5.41) is 10.9. The Kier molecular flexibility index (Phi) is 5.71.